The number of para-hydroxylation sites is 2. The third kappa shape index (κ3) is 4.45. The fraction of sp³-hybridized carbons (Fsp3) is 0.100. The van der Waals surface area contributed by atoms with E-state index in [1.165, 1.54) is 0 Å². The topological polar surface area (TPSA) is 70.6 Å². The molecule has 0 amide bonds. The smallest absolute Gasteiger partial charge is 0.352 e. The average Bonchev–Trinajstić information content (AvgIpc) is 2.69. The molecule has 1 aromatic heterocycles. The molecule has 1 heterocycles. The first kappa shape index (κ1) is 18.9. The lowest BCUT2D eigenvalue weighted by Crippen LogP contribution is -2.06. The lowest BCUT2D eigenvalue weighted by Gasteiger charge is -2.16. The number of nitrogens with one attached hydrogen (secondary N) is 2. The molecule has 3 N–H and O–H groups in total. The summed E-state index contributed by atoms with van der Waals surface area (Å²) >= 11 is 6.52. The van der Waals surface area contributed by atoms with Gasteiger partial charge in [0.25, 0.3) is 0 Å². The van der Waals surface area contributed by atoms with Gasteiger partial charge >= 0.3 is 5.97 Å². The summed E-state index contributed by atoms with van der Waals surface area (Å²) in [4.78, 5) is 12.3. The van der Waals surface area contributed by atoms with E-state index in [1.807, 2.05) is 60.7 Å². The Kier molecular flexibility index (Phi) is 6.05. The Balaban J connectivity index is 2.10. The van der Waals surface area contributed by atoms with Crippen LogP contribution in [0.25, 0.3) is 0 Å². The van der Waals surface area contributed by atoms with Crippen molar-refractivity contribution in [2.24, 2.45) is 0 Å². The van der Waals surface area contributed by atoms with Crippen LogP contribution in [-0.2, 0) is 4.74 Å². The van der Waals surface area contributed by atoms with Crippen LogP contribution in [0.15, 0.2) is 60.7 Å². The third-order valence-corrected chi connectivity index (χ3v) is 5.10. The Labute approximate surface area is 166 Å². The van der Waals surface area contributed by atoms with E-state index in [-0.39, 0.29) is 21.7 Å². The maximum atomic E-state index is 12.2. The molecule has 5 nitrogen and oxygen atoms in total. The highest BCUT2D eigenvalue weighted by Gasteiger charge is 2.21. The van der Waals surface area contributed by atoms with Crippen LogP contribution in [-0.4, -0.2) is 17.7 Å². The van der Waals surface area contributed by atoms with Crippen LogP contribution in [0.3, 0.4) is 0 Å². The van der Waals surface area contributed by atoms with Crippen molar-refractivity contribution in [3.63, 3.8) is 0 Å². The fourth-order valence-electron chi connectivity index (χ4n) is 2.38. The van der Waals surface area contributed by atoms with Gasteiger partial charge in [-0.3, -0.25) is 0 Å². The van der Waals surface area contributed by atoms with Crippen LogP contribution in [0, 0.1) is 4.51 Å². The number of anilines is 4. The zero-order valence-electron chi connectivity index (χ0n) is 14.6. The van der Waals surface area contributed by atoms with Crippen molar-refractivity contribution in [2.75, 3.05) is 17.2 Å². The summed E-state index contributed by atoms with van der Waals surface area (Å²) < 4.78 is 5.20. The van der Waals surface area contributed by atoms with E-state index in [0.717, 1.165) is 22.7 Å². The Morgan fingerprint density at radius 3 is 2.15 bits per heavy atom. The molecule has 0 atom stereocenters. The molecule has 0 aliphatic rings. The maximum Gasteiger partial charge on any atom is 0.352 e. The molecular formula is C20H18N2O3S2. The number of rotatable bonds is 6. The van der Waals surface area contributed by atoms with Crippen LogP contribution in [0.5, 0.6) is 5.75 Å². The Morgan fingerprint density at radius 1 is 1.04 bits per heavy atom. The molecule has 27 heavy (non-hydrogen) atoms. The number of hydrogen-bond acceptors (Lipinski definition) is 7. The molecule has 0 fully saturated rings. The SMILES string of the molecule is CCOC(=O)c1sc(Nc2ccccc2)c(Nc2ccccc2)c(=S)c1O. The molecule has 3 aromatic rings. The number of benzene rings is 2. The first-order valence-electron chi connectivity index (χ1n) is 8.31. The molecule has 0 spiro atoms. The summed E-state index contributed by atoms with van der Waals surface area (Å²) in [6, 6.07) is 19.0. The van der Waals surface area contributed by atoms with Crippen molar-refractivity contribution in [1.29, 1.82) is 0 Å². The van der Waals surface area contributed by atoms with Gasteiger partial charge in [0.15, 0.2) is 10.6 Å². The van der Waals surface area contributed by atoms with Gasteiger partial charge in [-0.05, 0) is 31.2 Å². The van der Waals surface area contributed by atoms with Crippen molar-refractivity contribution < 1.29 is 14.6 Å². The largest absolute Gasteiger partial charge is 0.505 e. The Morgan fingerprint density at radius 2 is 1.59 bits per heavy atom. The molecular weight excluding hydrogens is 380 g/mol. The van der Waals surface area contributed by atoms with Crippen molar-refractivity contribution in [1.82, 2.24) is 0 Å². The molecule has 0 aliphatic heterocycles. The average molecular weight is 399 g/mol. The lowest BCUT2D eigenvalue weighted by atomic mass is 10.3. The minimum absolute atomic E-state index is 0.0684. The van der Waals surface area contributed by atoms with E-state index in [4.69, 9.17) is 17.0 Å². The number of ether oxygens (including phenoxy) is 1. The van der Waals surface area contributed by atoms with Gasteiger partial charge in [0.05, 0.1) is 12.3 Å². The second-order valence-electron chi connectivity index (χ2n) is 5.52. The van der Waals surface area contributed by atoms with Crippen LogP contribution < -0.4 is 10.6 Å². The number of carbonyl (C=O) groups excluding carboxylic acids is 1. The van der Waals surface area contributed by atoms with Gasteiger partial charge in [-0.2, -0.15) is 0 Å². The predicted molar refractivity (Wildman–Crippen MR) is 112 cm³/mol. The van der Waals surface area contributed by atoms with E-state index >= 15 is 0 Å². The predicted octanol–water partition coefficient (Wildman–Crippen LogP) is 5.85. The minimum Gasteiger partial charge on any atom is -0.505 e. The van der Waals surface area contributed by atoms with Gasteiger partial charge in [-0.1, -0.05) is 48.6 Å². The van der Waals surface area contributed by atoms with Crippen LogP contribution in [0.1, 0.15) is 16.6 Å². The highest BCUT2D eigenvalue weighted by Crippen LogP contribution is 2.41. The summed E-state index contributed by atoms with van der Waals surface area (Å²) in [5.41, 5.74) is 2.17. The van der Waals surface area contributed by atoms with E-state index in [1.54, 1.807) is 6.92 Å². The number of aromatic hydroxyl groups is 1. The summed E-state index contributed by atoms with van der Waals surface area (Å²) in [6.07, 6.45) is 0. The Hall–Kier alpha value is -2.90. The van der Waals surface area contributed by atoms with Crippen molar-refractivity contribution in [3.05, 3.63) is 70.1 Å². The van der Waals surface area contributed by atoms with E-state index in [2.05, 4.69) is 10.6 Å². The molecule has 7 heteroatoms. The second kappa shape index (κ2) is 8.66. The number of esters is 1. The fourth-order valence-corrected chi connectivity index (χ4v) is 3.73. The highest BCUT2D eigenvalue weighted by atomic mass is 32.1. The monoisotopic (exact) mass is 398 g/mol. The van der Waals surface area contributed by atoms with Gasteiger partial charge in [-0.25, -0.2) is 4.79 Å². The molecule has 2 aromatic carbocycles. The molecule has 0 radical (unpaired) electrons. The van der Waals surface area contributed by atoms with Gasteiger partial charge in [0, 0.05) is 11.4 Å². The van der Waals surface area contributed by atoms with Crippen LogP contribution in [0.2, 0.25) is 0 Å². The zero-order valence-corrected chi connectivity index (χ0v) is 16.2. The maximum absolute atomic E-state index is 12.2. The quantitative estimate of drug-likeness (QED) is 0.357. The van der Waals surface area contributed by atoms with Gasteiger partial charge in [0.1, 0.15) is 9.51 Å². The van der Waals surface area contributed by atoms with Crippen molar-refractivity contribution in [3.8, 4) is 5.75 Å². The molecule has 138 valence electrons. The molecule has 0 aliphatic carbocycles. The van der Waals surface area contributed by atoms with Crippen LogP contribution in [0.4, 0.5) is 22.1 Å². The summed E-state index contributed by atoms with van der Waals surface area (Å²) in [5, 5.41) is 17.6. The molecule has 0 bridgehead atoms. The van der Waals surface area contributed by atoms with Crippen molar-refractivity contribution in [2.45, 2.75) is 6.92 Å². The molecule has 3 rings (SSSR count). The van der Waals surface area contributed by atoms with Gasteiger partial charge in [0.2, 0.25) is 0 Å². The minimum atomic E-state index is -0.603. The molecule has 0 unspecified atom stereocenters. The second-order valence-corrected chi connectivity index (χ2v) is 6.94. The summed E-state index contributed by atoms with van der Waals surface area (Å²) in [6.45, 7) is 1.92. The summed E-state index contributed by atoms with van der Waals surface area (Å²) in [7, 11) is 0. The first-order valence-corrected chi connectivity index (χ1v) is 9.54. The lowest BCUT2D eigenvalue weighted by molar-refractivity contribution is 0.0529. The number of carbonyl (C=O) groups is 1. The van der Waals surface area contributed by atoms with Gasteiger partial charge < -0.3 is 20.5 Å². The zero-order chi connectivity index (χ0) is 19.2. The number of hydrogen-bond donors (Lipinski definition) is 3. The van der Waals surface area contributed by atoms with Gasteiger partial charge in [-0.15, -0.1) is 11.3 Å². The normalized spacial score (nSPS) is 10.3. The molecule has 0 saturated carbocycles. The summed E-state index contributed by atoms with van der Waals surface area (Å²) in [5.74, 6) is -0.862. The third-order valence-electron chi connectivity index (χ3n) is 3.62. The highest BCUT2D eigenvalue weighted by molar-refractivity contribution is 7.71. The first-order chi connectivity index (χ1) is 13.1. The van der Waals surface area contributed by atoms with Crippen molar-refractivity contribution >= 4 is 51.6 Å². The Bertz CT molecular complexity index is 989. The van der Waals surface area contributed by atoms with E-state index < -0.39 is 5.97 Å². The van der Waals surface area contributed by atoms with Crippen LogP contribution >= 0.6 is 23.6 Å². The standard InChI is InChI=1S/C20H18N2O3S2/c1-2-25-20(24)18-16(23)17(26)15(21-13-9-5-3-6-10-13)19(27-18)22-14-11-7-4-8-12-14/h3-12,21-23H,2H2,1H3. The van der Waals surface area contributed by atoms with E-state index in [0.29, 0.717) is 10.7 Å². The molecule has 0 saturated heterocycles. The van der Waals surface area contributed by atoms with E-state index in [9.17, 15) is 9.90 Å².